The summed E-state index contributed by atoms with van der Waals surface area (Å²) in [6, 6.07) is 7.47. The van der Waals surface area contributed by atoms with Crippen molar-refractivity contribution in [2.24, 2.45) is 0 Å². The van der Waals surface area contributed by atoms with Gasteiger partial charge in [0.15, 0.2) is 0 Å². The van der Waals surface area contributed by atoms with Gasteiger partial charge >= 0.3 is 0 Å². The van der Waals surface area contributed by atoms with E-state index in [1.807, 2.05) is 18.2 Å². The SMILES string of the molecule is O=C(Cc1ccon1)N1CCCc2cccc(Cl)c21. The van der Waals surface area contributed by atoms with Crippen LogP contribution in [0.4, 0.5) is 5.69 Å². The van der Waals surface area contributed by atoms with E-state index < -0.39 is 0 Å². The number of hydrogen-bond acceptors (Lipinski definition) is 3. The van der Waals surface area contributed by atoms with E-state index in [2.05, 4.69) is 5.16 Å². The Hall–Kier alpha value is -1.81. The molecule has 1 amide bonds. The number of halogens is 1. The molecule has 3 rings (SSSR count). The van der Waals surface area contributed by atoms with Crippen LogP contribution in [0.15, 0.2) is 35.1 Å². The zero-order valence-corrected chi connectivity index (χ0v) is 11.1. The lowest BCUT2D eigenvalue weighted by molar-refractivity contribution is -0.118. The van der Waals surface area contributed by atoms with E-state index >= 15 is 0 Å². The van der Waals surface area contributed by atoms with Gasteiger partial charge in [-0.3, -0.25) is 4.79 Å². The van der Waals surface area contributed by atoms with Crippen LogP contribution < -0.4 is 4.90 Å². The maximum atomic E-state index is 12.4. The molecule has 0 aliphatic carbocycles. The van der Waals surface area contributed by atoms with Gasteiger partial charge in [-0.25, -0.2) is 0 Å². The molecule has 0 saturated carbocycles. The van der Waals surface area contributed by atoms with Crippen molar-refractivity contribution in [2.75, 3.05) is 11.4 Å². The molecule has 1 aromatic carbocycles. The molecule has 5 heteroatoms. The molecule has 2 aromatic rings. The highest BCUT2D eigenvalue weighted by molar-refractivity contribution is 6.34. The fraction of sp³-hybridized carbons (Fsp3) is 0.286. The number of para-hydroxylation sites is 1. The first kappa shape index (κ1) is 12.2. The summed E-state index contributed by atoms with van der Waals surface area (Å²) in [7, 11) is 0. The Morgan fingerprint density at radius 3 is 3.11 bits per heavy atom. The van der Waals surface area contributed by atoms with Crippen molar-refractivity contribution in [1.29, 1.82) is 0 Å². The highest BCUT2D eigenvalue weighted by atomic mass is 35.5. The monoisotopic (exact) mass is 276 g/mol. The number of amides is 1. The topological polar surface area (TPSA) is 46.3 Å². The molecule has 0 bridgehead atoms. The van der Waals surface area contributed by atoms with Crippen LogP contribution in [-0.2, 0) is 17.6 Å². The minimum absolute atomic E-state index is 0.00273. The van der Waals surface area contributed by atoms with E-state index in [9.17, 15) is 4.79 Å². The number of anilines is 1. The van der Waals surface area contributed by atoms with Crippen molar-refractivity contribution in [2.45, 2.75) is 19.3 Å². The zero-order valence-electron chi connectivity index (χ0n) is 10.3. The molecule has 0 fully saturated rings. The van der Waals surface area contributed by atoms with Crippen LogP contribution in [0.3, 0.4) is 0 Å². The highest BCUT2D eigenvalue weighted by Crippen LogP contribution is 2.34. The average molecular weight is 277 g/mol. The van der Waals surface area contributed by atoms with Crippen molar-refractivity contribution in [1.82, 2.24) is 5.16 Å². The lowest BCUT2D eigenvalue weighted by atomic mass is 10.0. The predicted molar refractivity (Wildman–Crippen MR) is 72.3 cm³/mol. The van der Waals surface area contributed by atoms with E-state index in [1.165, 1.54) is 6.26 Å². The molecule has 0 N–H and O–H groups in total. The first-order valence-corrected chi connectivity index (χ1v) is 6.60. The maximum absolute atomic E-state index is 12.4. The van der Waals surface area contributed by atoms with Crippen LogP contribution in [0, 0.1) is 0 Å². The number of hydrogen-bond donors (Lipinski definition) is 0. The number of aryl methyl sites for hydroxylation is 1. The van der Waals surface area contributed by atoms with Gasteiger partial charge in [0.25, 0.3) is 0 Å². The van der Waals surface area contributed by atoms with Gasteiger partial charge in [-0.2, -0.15) is 0 Å². The van der Waals surface area contributed by atoms with Crippen molar-refractivity contribution >= 4 is 23.2 Å². The summed E-state index contributed by atoms with van der Waals surface area (Å²) < 4.78 is 4.75. The van der Waals surface area contributed by atoms with Gasteiger partial charge in [-0.15, -0.1) is 0 Å². The Labute approximate surface area is 115 Å². The number of benzene rings is 1. The summed E-state index contributed by atoms with van der Waals surface area (Å²) in [4.78, 5) is 14.1. The van der Waals surface area contributed by atoms with Crippen LogP contribution in [0.5, 0.6) is 0 Å². The Morgan fingerprint density at radius 1 is 1.42 bits per heavy atom. The van der Waals surface area contributed by atoms with Crippen LogP contribution in [0.25, 0.3) is 0 Å². The molecule has 1 aliphatic heterocycles. The molecule has 0 saturated heterocycles. The maximum Gasteiger partial charge on any atom is 0.233 e. The molecule has 0 spiro atoms. The van der Waals surface area contributed by atoms with Crippen molar-refractivity contribution < 1.29 is 9.32 Å². The minimum atomic E-state index is 0.00273. The van der Waals surface area contributed by atoms with Crippen molar-refractivity contribution in [3.8, 4) is 0 Å². The quantitative estimate of drug-likeness (QED) is 0.847. The summed E-state index contributed by atoms with van der Waals surface area (Å²) in [5, 5.41) is 4.40. The van der Waals surface area contributed by atoms with Gasteiger partial charge in [-0.1, -0.05) is 28.9 Å². The van der Waals surface area contributed by atoms with Crippen LogP contribution in [0.1, 0.15) is 17.7 Å². The van der Waals surface area contributed by atoms with Gasteiger partial charge in [-0.05, 0) is 24.5 Å². The molecule has 0 unspecified atom stereocenters. The molecule has 0 radical (unpaired) electrons. The van der Waals surface area contributed by atoms with E-state index in [1.54, 1.807) is 11.0 Å². The van der Waals surface area contributed by atoms with Crippen molar-refractivity contribution in [3.05, 3.63) is 46.8 Å². The van der Waals surface area contributed by atoms with Crippen LogP contribution >= 0.6 is 11.6 Å². The Morgan fingerprint density at radius 2 is 2.32 bits per heavy atom. The first-order valence-electron chi connectivity index (χ1n) is 6.23. The predicted octanol–water partition coefficient (Wildman–Crippen LogP) is 2.85. The van der Waals surface area contributed by atoms with Crippen LogP contribution in [-0.4, -0.2) is 17.6 Å². The number of nitrogens with zero attached hydrogens (tertiary/aromatic N) is 2. The van der Waals surface area contributed by atoms with Crippen LogP contribution in [0.2, 0.25) is 5.02 Å². The Kier molecular flexibility index (Phi) is 3.25. The summed E-state index contributed by atoms with van der Waals surface area (Å²) in [5.74, 6) is 0.00273. The number of rotatable bonds is 2. The molecule has 4 nitrogen and oxygen atoms in total. The molecule has 1 aromatic heterocycles. The molecule has 98 valence electrons. The standard InChI is InChI=1S/C14H13ClN2O2/c15-12-5-1-3-10-4-2-7-17(14(10)12)13(18)9-11-6-8-19-16-11/h1,3,5-6,8H,2,4,7,9H2. The van der Waals surface area contributed by atoms with E-state index in [4.69, 9.17) is 16.1 Å². The zero-order chi connectivity index (χ0) is 13.2. The molecule has 2 heterocycles. The third-order valence-electron chi connectivity index (χ3n) is 3.29. The Balaban J connectivity index is 1.89. The number of carbonyl (C=O) groups excluding carboxylic acids is 1. The van der Waals surface area contributed by atoms with Gasteiger partial charge < -0.3 is 9.42 Å². The molecular weight excluding hydrogens is 264 g/mol. The summed E-state index contributed by atoms with van der Waals surface area (Å²) in [6.45, 7) is 0.702. The third-order valence-corrected chi connectivity index (χ3v) is 3.60. The highest BCUT2D eigenvalue weighted by Gasteiger charge is 2.25. The fourth-order valence-corrected chi connectivity index (χ4v) is 2.73. The molecule has 19 heavy (non-hydrogen) atoms. The van der Waals surface area contributed by atoms with Gasteiger partial charge in [0, 0.05) is 12.6 Å². The second-order valence-corrected chi connectivity index (χ2v) is 4.97. The normalized spacial score (nSPS) is 14.3. The fourth-order valence-electron chi connectivity index (χ4n) is 2.43. The van der Waals surface area contributed by atoms with Crippen molar-refractivity contribution in [3.63, 3.8) is 0 Å². The second kappa shape index (κ2) is 5.05. The lowest BCUT2D eigenvalue weighted by Crippen LogP contribution is -2.36. The van der Waals surface area contributed by atoms with Gasteiger partial charge in [0.1, 0.15) is 6.26 Å². The van der Waals surface area contributed by atoms with Gasteiger partial charge in [0.2, 0.25) is 5.91 Å². The smallest absolute Gasteiger partial charge is 0.233 e. The minimum Gasteiger partial charge on any atom is -0.364 e. The number of fused-ring (bicyclic) bond motifs is 1. The van der Waals surface area contributed by atoms with Gasteiger partial charge in [0.05, 0.1) is 22.8 Å². The second-order valence-electron chi connectivity index (χ2n) is 4.56. The largest absolute Gasteiger partial charge is 0.364 e. The lowest BCUT2D eigenvalue weighted by Gasteiger charge is -2.30. The van der Waals surface area contributed by atoms with E-state index in [0.717, 1.165) is 24.1 Å². The number of carbonyl (C=O) groups is 1. The van der Waals surface area contributed by atoms with E-state index in [-0.39, 0.29) is 12.3 Å². The average Bonchev–Trinajstić information content (AvgIpc) is 2.91. The summed E-state index contributed by atoms with van der Waals surface area (Å²) >= 11 is 6.23. The summed E-state index contributed by atoms with van der Waals surface area (Å²) in [5.41, 5.74) is 2.63. The number of aromatic nitrogens is 1. The van der Waals surface area contributed by atoms with E-state index in [0.29, 0.717) is 17.3 Å². The molecule has 1 aliphatic rings. The summed E-state index contributed by atoms with van der Waals surface area (Å²) in [6.07, 6.45) is 3.63. The first-order chi connectivity index (χ1) is 9.25. The Bertz CT molecular complexity index is 595. The molecule has 0 atom stereocenters. The third kappa shape index (κ3) is 2.36. The molecular formula is C14H13ClN2O2.